The maximum absolute atomic E-state index is 12.6. The average molecular weight is 472 g/mol. The molecule has 0 saturated heterocycles. The molecule has 0 aromatic heterocycles. The fraction of sp³-hybridized carbons (Fsp3) is 0.300. The van der Waals surface area contributed by atoms with Crippen LogP contribution < -0.4 is 15.4 Å². The van der Waals surface area contributed by atoms with E-state index in [2.05, 4.69) is 15.4 Å². The topological polar surface area (TPSA) is 104 Å². The quantitative estimate of drug-likeness (QED) is 0.516. The minimum absolute atomic E-state index is 0.0245. The van der Waals surface area contributed by atoms with Crippen LogP contribution in [0, 0.1) is 0 Å². The molecule has 0 spiro atoms. The number of amides is 2. The molecular formula is C20H23Cl2N3O4S. The predicted octanol–water partition coefficient (Wildman–Crippen LogP) is 3.83. The predicted molar refractivity (Wildman–Crippen MR) is 119 cm³/mol. The zero-order valence-electron chi connectivity index (χ0n) is 16.5. The Balaban J connectivity index is 2.02. The third kappa shape index (κ3) is 6.90. The summed E-state index contributed by atoms with van der Waals surface area (Å²) in [4.78, 5) is 23.9. The first-order valence-corrected chi connectivity index (χ1v) is 11.5. The van der Waals surface area contributed by atoms with Crippen LogP contribution in [0.1, 0.15) is 37.0 Å². The molecule has 2 rings (SSSR count). The number of hydrogen-bond acceptors (Lipinski definition) is 4. The molecule has 30 heavy (non-hydrogen) atoms. The number of carbonyl (C=O) groups is 2. The molecule has 2 amide bonds. The highest BCUT2D eigenvalue weighted by molar-refractivity contribution is 7.92. The van der Waals surface area contributed by atoms with Crippen molar-refractivity contribution < 1.29 is 18.0 Å². The number of rotatable bonds is 9. The molecule has 1 atom stereocenters. The van der Waals surface area contributed by atoms with E-state index in [0.29, 0.717) is 0 Å². The van der Waals surface area contributed by atoms with E-state index >= 15 is 0 Å². The Morgan fingerprint density at radius 2 is 1.83 bits per heavy atom. The van der Waals surface area contributed by atoms with Crippen LogP contribution in [-0.4, -0.2) is 32.8 Å². The number of benzene rings is 2. The van der Waals surface area contributed by atoms with Crippen LogP contribution in [0.4, 0.5) is 5.69 Å². The SMILES string of the molecule is CCC(C)NC(=O)CCNC(=O)c1cccc(NS(=O)(=O)c2cc(Cl)ccc2Cl)c1. The number of halogens is 2. The van der Waals surface area contributed by atoms with Gasteiger partial charge in [-0.3, -0.25) is 14.3 Å². The lowest BCUT2D eigenvalue weighted by molar-refractivity contribution is -0.121. The van der Waals surface area contributed by atoms with Crippen molar-refractivity contribution in [2.75, 3.05) is 11.3 Å². The van der Waals surface area contributed by atoms with Crippen molar-refractivity contribution in [3.8, 4) is 0 Å². The van der Waals surface area contributed by atoms with Crippen molar-refractivity contribution in [1.82, 2.24) is 10.6 Å². The molecule has 0 bridgehead atoms. The average Bonchev–Trinajstić information content (AvgIpc) is 2.69. The standard InChI is InChI=1S/C20H23Cl2N3O4S/c1-3-13(2)24-19(26)9-10-23-20(27)14-5-4-6-16(11-14)25-30(28,29)18-12-15(21)7-8-17(18)22/h4-8,11-13,25H,3,9-10H2,1-2H3,(H,23,27)(H,24,26). The molecule has 2 aromatic rings. The molecular weight excluding hydrogens is 449 g/mol. The molecule has 0 aliphatic rings. The Kier molecular flexibility index (Phi) is 8.52. The Hall–Kier alpha value is -2.29. The molecule has 0 heterocycles. The van der Waals surface area contributed by atoms with Crippen molar-refractivity contribution in [2.45, 2.75) is 37.6 Å². The van der Waals surface area contributed by atoms with Gasteiger partial charge in [-0.15, -0.1) is 0 Å². The fourth-order valence-electron chi connectivity index (χ4n) is 2.46. The van der Waals surface area contributed by atoms with Gasteiger partial charge in [0, 0.05) is 35.3 Å². The van der Waals surface area contributed by atoms with Crippen LogP contribution >= 0.6 is 23.2 Å². The van der Waals surface area contributed by atoms with Crippen molar-refractivity contribution in [3.05, 3.63) is 58.1 Å². The van der Waals surface area contributed by atoms with Crippen molar-refractivity contribution >= 4 is 50.7 Å². The van der Waals surface area contributed by atoms with E-state index in [9.17, 15) is 18.0 Å². The van der Waals surface area contributed by atoms with Gasteiger partial charge in [-0.05, 0) is 49.7 Å². The van der Waals surface area contributed by atoms with Gasteiger partial charge in [-0.1, -0.05) is 36.2 Å². The lowest BCUT2D eigenvalue weighted by atomic mass is 10.2. The summed E-state index contributed by atoms with van der Waals surface area (Å²) in [5.74, 6) is -0.572. The van der Waals surface area contributed by atoms with Crippen LogP contribution in [0.5, 0.6) is 0 Å². The van der Waals surface area contributed by atoms with Crippen LogP contribution in [-0.2, 0) is 14.8 Å². The minimum Gasteiger partial charge on any atom is -0.354 e. The van der Waals surface area contributed by atoms with Gasteiger partial charge in [0.05, 0.1) is 5.02 Å². The van der Waals surface area contributed by atoms with E-state index in [1.165, 1.54) is 30.3 Å². The van der Waals surface area contributed by atoms with Crippen LogP contribution in [0.3, 0.4) is 0 Å². The summed E-state index contributed by atoms with van der Waals surface area (Å²) in [6.07, 6.45) is 0.969. The second-order valence-electron chi connectivity index (χ2n) is 6.64. The zero-order valence-corrected chi connectivity index (χ0v) is 18.9. The highest BCUT2D eigenvalue weighted by Gasteiger charge is 2.19. The second-order valence-corrected chi connectivity index (χ2v) is 9.14. The molecule has 0 aliphatic carbocycles. The zero-order chi connectivity index (χ0) is 22.3. The van der Waals surface area contributed by atoms with E-state index in [0.717, 1.165) is 6.42 Å². The Labute approximate surface area is 186 Å². The first kappa shape index (κ1) is 24.0. The van der Waals surface area contributed by atoms with Crippen molar-refractivity contribution in [1.29, 1.82) is 0 Å². The van der Waals surface area contributed by atoms with Gasteiger partial charge in [-0.2, -0.15) is 0 Å². The Morgan fingerprint density at radius 1 is 1.10 bits per heavy atom. The maximum atomic E-state index is 12.6. The fourth-order valence-corrected chi connectivity index (χ4v) is 4.27. The molecule has 2 aromatic carbocycles. The third-order valence-electron chi connectivity index (χ3n) is 4.22. The summed E-state index contributed by atoms with van der Waals surface area (Å²) in [6.45, 7) is 4.03. The second kappa shape index (κ2) is 10.7. The van der Waals surface area contributed by atoms with E-state index in [1.807, 2.05) is 13.8 Å². The highest BCUT2D eigenvalue weighted by atomic mass is 35.5. The number of sulfonamides is 1. The van der Waals surface area contributed by atoms with Crippen LogP contribution in [0.25, 0.3) is 0 Å². The highest BCUT2D eigenvalue weighted by Crippen LogP contribution is 2.27. The summed E-state index contributed by atoms with van der Waals surface area (Å²) < 4.78 is 27.6. The molecule has 1 unspecified atom stereocenters. The van der Waals surface area contributed by atoms with E-state index in [-0.39, 0.29) is 51.1 Å². The van der Waals surface area contributed by atoms with Crippen molar-refractivity contribution in [2.24, 2.45) is 0 Å². The molecule has 3 N–H and O–H groups in total. The first-order chi connectivity index (χ1) is 14.1. The Morgan fingerprint density at radius 3 is 2.53 bits per heavy atom. The molecule has 7 nitrogen and oxygen atoms in total. The van der Waals surface area contributed by atoms with Gasteiger partial charge in [0.25, 0.3) is 15.9 Å². The summed E-state index contributed by atoms with van der Waals surface area (Å²) >= 11 is 11.8. The minimum atomic E-state index is -4.00. The third-order valence-corrected chi connectivity index (χ3v) is 6.32. The van der Waals surface area contributed by atoms with E-state index in [1.54, 1.807) is 12.1 Å². The number of carbonyl (C=O) groups excluding carboxylic acids is 2. The van der Waals surface area contributed by atoms with E-state index < -0.39 is 15.9 Å². The van der Waals surface area contributed by atoms with Crippen LogP contribution in [0.15, 0.2) is 47.4 Å². The maximum Gasteiger partial charge on any atom is 0.263 e. The smallest absolute Gasteiger partial charge is 0.263 e. The lowest BCUT2D eigenvalue weighted by Crippen LogP contribution is -2.35. The summed E-state index contributed by atoms with van der Waals surface area (Å²) in [7, 11) is -4.00. The Bertz CT molecular complexity index is 1030. The summed E-state index contributed by atoms with van der Waals surface area (Å²) in [5.41, 5.74) is 0.433. The number of hydrogen-bond donors (Lipinski definition) is 3. The molecule has 162 valence electrons. The van der Waals surface area contributed by atoms with Gasteiger partial charge >= 0.3 is 0 Å². The van der Waals surface area contributed by atoms with Crippen LogP contribution in [0.2, 0.25) is 10.0 Å². The molecule has 0 aliphatic heterocycles. The first-order valence-electron chi connectivity index (χ1n) is 9.28. The molecule has 0 fully saturated rings. The number of anilines is 1. The van der Waals surface area contributed by atoms with Crippen molar-refractivity contribution in [3.63, 3.8) is 0 Å². The van der Waals surface area contributed by atoms with Gasteiger partial charge in [0.1, 0.15) is 4.90 Å². The molecule has 10 heteroatoms. The molecule has 0 saturated carbocycles. The summed E-state index contributed by atoms with van der Waals surface area (Å²) in [6, 6.07) is 10.2. The normalized spacial score (nSPS) is 12.1. The lowest BCUT2D eigenvalue weighted by Gasteiger charge is -2.12. The van der Waals surface area contributed by atoms with Gasteiger partial charge in [0.2, 0.25) is 5.91 Å². The largest absolute Gasteiger partial charge is 0.354 e. The van der Waals surface area contributed by atoms with E-state index in [4.69, 9.17) is 23.2 Å². The summed E-state index contributed by atoms with van der Waals surface area (Å²) in [5, 5.41) is 5.71. The van der Waals surface area contributed by atoms with Gasteiger partial charge in [-0.25, -0.2) is 8.42 Å². The van der Waals surface area contributed by atoms with Gasteiger partial charge < -0.3 is 10.6 Å². The monoisotopic (exact) mass is 471 g/mol. The molecule has 0 radical (unpaired) electrons. The number of nitrogens with one attached hydrogen (secondary N) is 3. The van der Waals surface area contributed by atoms with Gasteiger partial charge in [0.15, 0.2) is 0 Å².